The van der Waals surface area contributed by atoms with Crippen molar-refractivity contribution in [2.45, 2.75) is 60.3 Å². The topological polar surface area (TPSA) is 75.2 Å². The third kappa shape index (κ3) is 8.95. The lowest BCUT2D eigenvalue weighted by Gasteiger charge is -2.26. The van der Waals surface area contributed by atoms with Gasteiger partial charge in [-0.25, -0.2) is 0 Å². The van der Waals surface area contributed by atoms with Gasteiger partial charge in [0.05, 0.1) is 0 Å². The van der Waals surface area contributed by atoms with Crippen LogP contribution in [-0.2, 0) is 9.59 Å². The van der Waals surface area contributed by atoms with Gasteiger partial charge in [-0.05, 0) is 36.3 Å². The average Bonchev–Trinajstić information content (AvgIpc) is 3.12. The summed E-state index contributed by atoms with van der Waals surface area (Å²) in [6.07, 6.45) is 2.60. The highest BCUT2D eigenvalue weighted by molar-refractivity contribution is 7.18. The molecule has 0 fully saturated rings. The molecule has 1 aromatic carbocycles. The Morgan fingerprint density at radius 2 is 1.84 bits per heavy atom. The Hall–Kier alpha value is -1.99. The fraction of sp³-hybridized carbons (Fsp3) is 0.565. The molecular weight excluding hydrogens is 432 g/mol. The molecule has 0 spiro atoms. The molecule has 1 aromatic heterocycles. The third-order valence-corrected chi connectivity index (χ3v) is 5.84. The van der Waals surface area contributed by atoms with Crippen molar-refractivity contribution in [1.82, 2.24) is 15.1 Å². The number of hydrogen-bond donors (Lipinski definition) is 1. The summed E-state index contributed by atoms with van der Waals surface area (Å²) in [6.45, 7) is 11.8. The van der Waals surface area contributed by atoms with Crippen molar-refractivity contribution in [3.05, 3.63) is 29.3 Å². The van der Waals surface area contributed by atoms with E-state index in [0.717, 1.165) is 18.4 Å². The van der Waals surface area contributed by atoms with Gasteiger partial charge in [0.15, 0.2) is 0 Å². The molecule has 8 heteroatoms. The number of carbonyl (C=O) groups is 2. The van der Waals surface area contributed by atoms with Gasteiger partial charge in [-0.2, -0.15) is 0 Å². The molecule has 170 valence electrons. The number of carbonyl (C=O) groups excluding carboxylic acids is 2. The molecule has 6 nitrogen and oxygen atoms in total. The Balaban J connectivity index is 1.87. The predicted molar refractivity (Wildman–Crippen MR) is 128 cm³/mol. The van der Waals surface area contributed by atoms with Gasteiger partial charge in [-0.1, -0.05) is 69.7 Å². The predicted octanol–water partition coefficient (Wildman–Crippen LogP) is 5.89. The number of nitrogens with zero attached hydrogens (tertiary/aromatic N) is 3. The van der Waals surface area contributed by atoms with Crippen LogP contribution < -0.4 is 5.32 Å². The van der Waals surface area contributed by atoms with E-state index in [0.29, 0.717) is 40.6 Å². The Labute approximate surface area is 194 Å². The zero-order chi connectivity index (χ0) is 23.0. The minimum Gasteiger partial charge on any atom is -0.342 e. The lowest BCUT2D eigenvalue weighted by atomic mass is 9.84. The molecule has 1 unspecified atom stereocenters. The van der Waals surface area contributed by atoms with Gasteiger partial charge < -0.3 is 10.2 Å². The first kappa shape index (κ1) is 25.3. The molecule has 1 heterocycles. The quantitative estimate of drug-likeness (QED) is 0.475. The van der Waals surface area contributed by atoms with Crippen molar-refractivity contribution in [1.29, 1.82) is 0 Å². The minimum absolute atomic E-state index is 0.118. The van der Waals surface area contributed by atoms with E-state index in [1.807, 2.05) is 19.1 Å². The highest BCUT2D eigenvalue weighted by atomic mass is 35.5. The first-order chi connectivity index (χ1) is 14.6. The molecule has 0 radical (unpaired) electrons. The van der Waals surface area contributed by atoms with Crippen molar-refractivity contribution in [3.8, 4) is 10.6 Å². The molecule has 0 aliphatic heterocycles. The van der Waals surface area contributed by atoms with Crippen molar-refractivity contribution in [3.63, 3.8) is 0 Å². The van der Waals surface area contributed by atoms with Crippen LogP contribution in [0, 0.1) is 11.3 Å². The number of amides is 2. The van der Waals surface area contributed by atoms with Crippen molar-refractivity contribution in [2.75, 3.05) is 18.4 Å². The monoisotopic (exact) mass is 464 g/mol. The SMILES string of the molecule is CCCN(CCC(=O)Nc1nnc(-c2ccc(Cl)cc2)s1)C(=O)CC(C)CC(C)(C)C. The van der Waals surface area contributed by atoms with E-state index in [4.69, 9.17) is 11.6 Å². The Morgan fingerprint density at radius 3 is 2.45 bits per heavy atom. The summed E-state index contributed by atoms with van der Waals surface area (Å²) in [5.41, 5.74) is 1.09. The van der Waals surface area contributed by atoms with E-state index < -0.39 is 0 Å². The Bertz CT molecular complexity index is 861. The van der Waals surface area contributed by atoms with Gasteiger partial charge in [-0.15, -0.1) is 10.2 Å². The van der Waals surface area contributed by atoms with Crippen LogP contribution in [0.4, 0.5) is 5.13 Å². The molecule has 2 rings (SSSR count). The number of halogens is 1. The normalized spacial score (nSPS) is 12.5. The fourth-order valence-electron chi connectivity index (χ4n) is 3.58. The van der Waals surface area contributed by atoms with Crippen LogP contribution >= 0.6 is 22.9 Å². The highest BCUT2D eigenvalue weighted by Crippen LogP contribution is 2.28. The second-order valence-electron chi connectivity index (χ2n) is 9.17. The second-order valence-corrected chi connectivity index (χ2v) is 10.6. The average molecular weight is 465 g/mol. The largest absolute Gasteiger partial charge is 0.342 e. The van der Waals surface area contributed by atoms with Gasteiger partial charge in [-0.3, -0.25) is 9.59 Å². The molecule has 0 aliphatic rings. The molecule has 1 atom stereocenters. The zero-order valence-electron chi connectivity index (χ0n) is 19.1. The van der Waals surface area contributed by atoms with Gasteiger partial charge in [0.25, 0.3) is 0 Å². The summed E-state index contributed by atoms with van der Waals surface area (Å²) >= 11 is 7.22. The van der Waals surface area contributed by atoms with Crippen LogP contribution in [0.2, 0.25) is 5.02 Å². The van der Waals surface area contributed by atoms with Gasteiger partial charge in [0, 0.05) is 36.5 Å². The van der Waals surface area contributed by atoms with Crippen molar-refractivity contribution >= 4 is 39.9 Å². The summed E-state index contributed by atoms with van der Waals surface area (Å²) < 4.78 is 0. The van der Waals surface area contributed by atoms with E-state index in [2.05, 4.69) is 43.2 Å². The molecule has 0 saturated carbocycles. The molecule has 0 saturated heterocycles. The summed E-state index contributed by atoms with van der Waals surface area (Å²) in [5, 5.41) is 12.8. The second kappa shape index (κ2) is 11.6. The summed E-state index contributed by atoms with van der Waals surface area (Å²) in [4.78, 5) is 27.0. The first-order valence-corrected chi connectivity index (χ1v) is 11.9. The fourth-order valence-corrected chi connectivity index (χ4v) is 4.47. The maximum Gasteiger partial charge on any atom is 0.227 e. The van der Waals surface area contributed by atoms with Crippen LogP contribution in [0.5, 0.6) is 0 Å². The maximum absolute atomic E-state index is 12.7. The number of aromatic nitrogens is 2. The number of rotatable bonds is 10. The maximum atomic E-state index is 12.7. The molecule has 0 aliphatic carbocycles. The summed E-state index contributed by atoms with van der Waals surface area (Å²) in [6, 6.07) is 7.31. The zero-order valence-corrected chi connectivity index (χ0v) is 20.6. The number of anilines is 1. The highest BCUT2D eigenvalue weighted by Gasteiger charge is 2.21. The van der Waals surface area contributed by atoms with Gasteiger partial charge in [0.1, 0.15) is 5.01 Å². The molecule has 0 bridgehead atoms. The smallest absolute Gasteiger partial charge is 0.227 e. The minimum atomic E-state index is -0.171. The standard InChI is InChI=1S/C23H33ClN4O2S/c1-6-12-28(20(30)14-16(2)15-23(3,4)5)13-11-19(29)25-22-27-26-21(31-22)17-7-9-18(24)10-8-17/h7-10,16H,6,11-15H2,1-5H3,(H,25,27,29). The number of nitrogens with one attached hydrogen (secondary N) is 1. The van der Waals surface area contributed by atoms with Crippen LogP contribution in [0.15, 0.2) is 24.3 Å². The van der Waals surface area contributed by atoms with Gasteiger partial charge in [0.2, 0.25) is 16.9 Å². The van der Waals surface area contributed by atoms with E-state index in [9.17, 15) is 9.59 Å². The first-order valence-electron chi connectivity index (χ1n) is 10.7. The Morgan fingerprint density at radius 1 is 1.16 bits per heavy atom. The number of benzene rings is 1. The van der Waals surface area contributed by atoms with Crippen LogP contribution in [0.1, 0.15) is 60.3 Å². The van der Waals surface area contributed by atoms with Crippen molar-refractivity contribution in [2.24, 2.45) is 11.3 Å². The van der Waals surface area contributed by atoms with Gasteiger partial charge >= 0.3 is 0 Å². The van der Waals surface area contributed by atoms with Crippen molar-refractivity contribution < 1.29 is 9.59 Å². The Kier molecular flexibility index (Phi) is 9.44. The summed E-state index contributed by atoms with van der Waals surface area (Å²) in [7, 11) is 0. The lowest BCUT2D eigenvalue weighted by Crippen LogP contribution is -2.35. The lowest BCUT2D eigenvalue weighted by molar-refractivity contribution is -0.132. The molecule has 1 N–H and O–H groups in total. The van der Waals surface area contributed by atoms with E-state index in [-0.39, 0.29) is 23.7 Å². The number of hydrogen-bond acceptors (Lipinski definition) is 5. The molecule has 2 amide bonds. The molecule has 2 aromatic rings. The molecular formula is C23H33ClN4O2S. The van der Waals surface area contributed by atoms with E-state index in [1.165, 1.54) is 11.3 Å². The van der Waals surface area contributed by atoms with E-state index in [1.54, 1.807) is 17.0 Å². The van der Waals surface area contributed by atoms with Crippen LogP contribution in [0.3, 0.4) is 0 Å². The van der Waals surface area contributed by atoms with E-state index >= 15 is 0 Å². The third-order valence-electron chi connectivity index (χ3n) is 4.70. The molecule has 31 heavy (non-hydrogen) atoms. The van der Waals surface area contributed by atoms with Crippen LogP contribution in [-0.4, -0.2) is 40.0 Å². The van der Waals surface area contributed by atoms with Crippen LogP contribution in [0.25, 0.3) is 10.6 Å². The summed E-state index contributed by atoms with van der Waals surface area (Å²) in [5.74, 6) is 0.260.